The van der Waals surface area contributed by atoms with Crippen molar-refractivity contribution in [2.24, 2.45) is 0 Å². The van der Waals surface area contributed by atoms with Crippen LogP contribution in [0, 0.1) is 0 Å². The van der Waals surface area contributed by atoms with Gasteiger partial charge in [0.05, 0.1) is 34.4 Å². The number of aliphatic carboxylic acids is 1. The van der Waals surface area contributed by atoms with Crippen LogP contribution in [-0.2, 0) is 33.3 Å². The van der Waals surface area contributed by atoms with Gasteiger partial charge in [-0.05, 0) is 89.9 Å². The molecule has 2 unspecified atom stereocenters. The molecule has 9 nitrogen and oxygen atoms in total. The van der Waals surface area contributed by atoms with Crippen LogP contribution in [0.15, 0.2) is 122 Å². The number of unbranched alkanes of at least 4 members (excludes halogenated alkanes) is 41. The van der Waals surface area contributed by atoms with E-state index in [1.807, 2.05) is 21.1 Å². The van der Waals surface area contributed by atoms with Gasteiger partial charge in [0, 0.05) is 12.8 Å². The summed E-state index contributed by atoms with van der Waals surface area (Å²) >= 11 is 0. The standard InChI is InChI=1S/C89H155NO8/c1-6-8-10-12-14-16-18-20-22-24-26-28-30-32-34-36-38-40-42-44-46-48-50-52-54-56-58-60-62-64-66-68-70-72-74-76-78-80-87(92)98-85(84-97-89(88(93)94)95-82-81-90(3,4)5)83-96-86(91)79-77-75-73-71-69-67-65-63-61-59-57-55-53-51-49-47-45-43-41-39-37-35-33-31-29-27-25-23-21-19-17-15-13-11-9-7-2/h8,10,14,16,20,22,26,28,32,34,38,40,44,46,50,52,56,58,62,64,85,89H,6-7,9,11-13,15,17-19,21,23-25,27,29-31,33,35-37,39,41-43,45,47-49,51,53-55,57,59-61,63,65-84H2,1-5H3/p+1/b10-8-,16-14-,22-20-,28-26-,34-32-,40-38-,46-44-,52-50-,58-56-,64-62-. The Kier molecular flexibility index (Phi) is 75.0. The second kappa shape index (κ2) is 78.4. The summed E-state index contributed by atoms with van der Waals surface area (Å²) in [4.78, 5) is 37.8. The molecule has 0 saturated heterocycles. The van der Waals surface area contributed by atoms with Crippen molar-refractivity contribution in [1.82, 2.24) is 0 Å². The van der Waals surface area contributed by atoms with Crippen molar-refractivity contribution in [3.63, 3.8) is 0 Å². The van der Waals surface area contributed by atoms with Gasteiger partial charge < -0.3 is 28.5 Å². The summed E-state index contributed by atoms with van der Waals surface area (Å²) in [6, 6.07) is 0. The number of carboxylic acid groups (broad SMARTS) is 1. The van der Waals surface area contributed by atoms with Crippen LogP contribution in [0.3, 0.4) is 0 Å². The Morgan fingerprint density at radius 1 is 0.316 bits per heavy atom. The van der Waals surface area contributed by atoms with Gasteiger partial charge in [-0.15, -0.1) is 0 Å². The molecule has 9 heteroatoms. The molecule has 0 spiro atoms. The number of carbonyl (C=O) groups is 3. The Balaban J connectivity index is 4.07. The summed E-state index contributed by atoms with van der Waals surface area (Å²) < 4.78 is 23.0. The first-order valence-corrected chi connectivity index (χ1v) is 41.2. The van der Waals surface area contributed by atoms with Gasteiger partial charge in [-0.25, -0.2) is 4.79 Å². The second-order valence-electron chi connectivity index (χ2n) is 28.7. The molecule has 0 amide bonds. The first kappa shape index (κ1) is 93.7. The molecule has 0 saturated carbocycles. The van der Waals surface area contributed by atoms with E-state index < -0.39 is 24.3 Å². The van der Waals surface area contributed by atoms with Crippen molar-refractivity contribution in [3.8, 4) is 0 Å². The van der Waals surface area contributed by atoms with Gasteiger partial charge in [0.1, 0.15) is 13.2 Å². The highest BCUT2D eigenvalue weighted by Gasteiger charge is 2.25. The molecule has 0 aromatic rings. The monoisotopic (exact) mass is 1370 g/mol. The van der Waals surface area contributed by atoms with E-state index in [2.05, 4.69) is 135 Å². The number of quaternary nitrogens is 1. The van der Waals surface area contributed by atoms with E-state index in [0.717, 1.165) is 122 Å². The lowest BCUT2D eigenvalue weighted by Crippen LogP contribution is -2.40. The van der Waals surface area contributed by atoms with Crippen molar-refractivity contribution in [1.29, 1.82) is 0 Å². The molecule has 0 fully saturated rings. The molecule has 564 valence electrons. The minimum atomic E-state index is -1.52. The fourth-order valence-electron chi connectivity index (χ4n) is 11.8. The summed E-state index contributed by atoms with van der Waals surface area (Å²) in [5.74, 6) is -2.02. The highest BCUT2D eigenvalue weighted by molar-refractivity contribution is 5.71. The normalized spacial score (nSPS) is 13.3. The number of ether oxygens (including phenoxy) is 4. The van der Waals surface area contributed by atoms with Crippen LogP contribution in [0.25, 0.3) is 0 Å². The lowest BCUT2D eigenvalue weighted by molar-refractivity contribution is -0.870. The average Bonchev–Trinajstić information content (AvgIpc) is 1.26. The Labute approximate surface area is 606 Å². The third kappa shape index (κ3) is 79.0. The lowest BCUT2D eigenvalue weighted by Gasteiger charge is -2.25. The van der Waals surface area contributed by atoms with Crippen molar-refractivity contribution in [2.75, 3.05) is 47.5 Å². The van der Waals surface area contributed by atoms with E-state index >= 15 is 0 Å². The molecule has 0 rings (SSSR count). The number of carbonyl (C=O) groups excluding carboxylic acids is 2. The molecule has 0 aliphatic heterocycles. The van der Waals surface area contributed by atoms with Gasteiger partial charge in [-0.1, -0.05) is 386 Å². The summed E-state index contributed by atoms with van der Waals surface area (Å²) in [6.07, 6.45) is 109. The molecule has 0 bridgehead atoms. The van der Waals surface area contributed by atoms with Crippen LogP contribution in [0.5, 0.6) is 0 Å². The Morgan fingerprint density at radius 2 is 0.582 bits per heavy atom. The van der Waals surface area contributed by atoms with E-state index in [4.69, 9.17) is 18.9 Å². The van der Waals surface area contributed by atoms with Gasteiger partial charge in [0.25, 0.3) is 6.29 Å². The fourth-order valence-corrected chi connectivity index (χ4v) is 11.8. The number of likely N-dealkylation sites (N-methyl/N-ethyl adjacent to an activating group) is 1. The maximum Gasteiger partial charge on any atom is 0.361 e. The Bertz CT molecular complexity index is 2030. The predicted molar refractivity (Wildman–Crippen MR) is 424 cm³/mol. The summed E-state index contributed by atoms with van der Waals surface area (Å²) in [7, 11) is 5.98. The summed E-state index contributed by atoms with van der Waals surface area (Å²) in [6.45, 7) is 4.79. The summed E-state index contributed by atoms with van der Waals surface area (Å²) in [5, 5.41) is 9.78. The van der Waals surface area contributed by atoms with Crippen molar-refractivity contribution in [2.45, 2.75) is 379 Å². The molecular formula is C89H156NO8+. The highest BCUT2D eigenvalue weighted by atomic mass is 16.7. The number of carboxylic acids is 1. The Hall–Kier alpha value is -4.31. The number of rotatable bonds is 76. The largest absolute Gasteiger partial charge is 0.477 e. The van der Waals surface area contributed by atoms with E-state index in [-0.39, 0.29) is 32.2 Å². The van der Waals surface area contributed by atoms with Crippen molar-refractivity contribution < 1.29 is 42.9 Å². The van der Waals surface area contributed by atoms with Crippen LogP contribution in [0.2, 0.25) is 0 Å². The maximum atomic E-state index is 13.0. The summed E-state index contributed by atoms with van der Waals surface area (Å²) in [5.41, 5.74) is 0. The van der Waals surface area contributed by atoms with E-state index in [1.165, 1.54) is 212 Å². The molecule has 0 radical (unpaired) electrons. The number of hydrogen-bond acceptors (Lipinski definition) is 7. The predicted octanol–water partition coefficient (Wildman–Crippen LogP) is 26.6. The molecule has 0 aliphatic rings. The van der Waals surface area contributed by atoms with Crippen LogP contribution in [-0.4, -0.2) is 87.4 Å². The van der Waals surface area contributed by atoms with Crippen LogP contribution < -0.4 is 0 Å². The number of hydrogen-bond donors (Lipinski definition) is 1. The average molecular weight is 1370 g/mol. The van der Waals surface area contributed by atoms with Gasteiger partial charge in [-0.3, -0.25) is 9.59 Å². The molecule has 2 atom stereocenters. The fraction of sp³-hybridized carbons (Fsp3) is 0.742. The van der Waals surface area contributed by atoms with Crippen LogP contribution in [0.4, 0.5) is 0 Å². The first-order chi connectivity index (χ1) is 48.1. The topological polar surface area (TPSA) is 108 Å². The van der Waals surface area contributed by atoms with Gasteiger partial charge in [-0.2, -0.15) is 0 Å². The van der Waals surface area contributed by atoms with Gasteiger partial charge in [0.15, 0.2) is 6.10 Å². The highest BCUT2D eigenvalue weighted by Crippen LogP contribution is 2.19. The molecular weight excluding hydrogens is 1210 g/mol. The van der Waals surface area contributed by atoms with Crippen molar-refractivity contribution >= 4 is 17.9 Å². The Morgan fingerprint density at radius 3 is 0.867 bits per heavy atom. The molecule has 0 heterocycles. The zero-order chi connectivity index (χ0) is 71.1. The molecule has 98 heavy (non-hydrogen) atoms. The molecule has 0 aromatic carbocycles. The van der Waals surface area contributed by atoms with Gasteiger partial charge in [0.2, 0.25) is 0 Å². The molecule has 1 N–H and O–H groups in total. The molecule has 0 aromatic heterocycles. The second-order valence-corrected chi connectivity index (χ2v) is 28.7. The number of esters is 2. The zero-order valence-corrected chi connectivity index (χ0v) is 64.7. The minimum absolute atomic E-state index is 0.180. The first-order valence-electron chi connectivity index (χ1n) is 41.2. The lowest BCUT2D eigenvalue weighted by atomic mass is 10.0. The van der Waals surface area contributed by atoms with E-state index in [1.54, 1.807) is 0 Å². The van der Waals surface area contributed by atoms with Crippen molar-refractivity contribution in [3.05, 3.63) is 122 Å². The number of nitrogens with zero attached hydrogens (tertiary/aromatic N) is 1. The van der Waals surface area contributed by atoms with Crippen LogP contribution >= 0.6 is 0 Å². The maximum absolute atomic E-state index is 13.0. The third-order valence-corrected chi connectivity index (χ3v) is 18.0. The van der Waals surface area contributed by atoms with E-state index in [0.29, 0.717) is 23.9 Å². The smallest absolute Gasteiger partial charge is 0.361 e. The third-order valence-electron chi connectivity index (χ3n) is 18.0. The minimum Gasteiger partial charge on any atom is -0.477 e. The molecule has 0 aliphatic carbocycles. The zero-order valence-electron chi connectivity index (χ0n) is 64.7. The van der Waals surface area contributed by atoms with E-state index in [9.17, 15) is 19.5 Å². The van der Waals surface area contributed by atoms with Gasteiger partial charge >= 0.3 is 17.9 Å². The SMILES string of the molecule is CC/C=C\C/C=C\C/C=C\C/C=C\C/C=C\C/C=C\C/C=C\C/C=C\C/C=C\C/C=C\CCCCCCCCC(=O)OC(COC(=O)CCCCCCCCCCCCCCCCCCCCCCCCCCCCCCCCCCCCCC)COC(OCC[N+](C)(C)C)C(=O)O. The quantitative estimate of drug-likeness (QED) is 0.0211. The number of allylic oxidation sites excluding steroid dienone is 20. The van der Waals surface area contributed by atoms with Crippen LogP contribution in [0.1, 0.15) is 367 Å².